The van der Waals surface area contributed by atoms with Crippen molar-refractivity contribution >= 4 is 23.6 Å². The molecule has 2 amide bonds. The van der Waals surface area contributed by atoms with E-state index in [1.54, 1.807) is 23.8 Å². The van der Waals surface area contributed by atoms with Crippen LogP contribution in [0.2, 0.25) is 0 Å². The topological polar surface area (TPSA) is 58.6 Å². The lowest BCUT2D eigenvalue weighted by molar-refractivity contribution is -0.141. The Morgan fingerprint density at radius 1 is 1.12 bits per heavy atom. The molecule has 1 N–H and O–H groups in total. The van der Waals surface area contributed by atoms with Gasteiger partial charge in [-0.2, -0.15) is 0 Å². The summed E-state index contributed by atoms with van der Waals surface area (Å²) in [7, 11) is 1.63. The van der Waals surface area contributed by atoms with Crippen molar-refractivity contribution in [1.82, 2.24) is 10.2 Å². The van der Waals surface area contributed by atoms with Gasteiger partial charge in [0.2, 0.25) is 11.8 Å². The van der Waals surface area contributed by atoms with Crippen LogP contribution in [0.5, 0.6) is 5.75 Å². The summed E-state index contributed by atoms with van der Waals surface area (Å²) in [6.45, 7) is 2.37. The Bertz CT molecular complexity index is 868. The summed E-state index contributed by atoms with van der Waals surface area (Å²) in [6, 6.07) is 17.6. The van der Waals surface area contributed by atoms with Crippen LogP contribution in [0.15, 0.2) is 59.5 Å². The smallest absolute Gasteiger partial charge is 0.243 e. The first kappa shape index (κ1) is 24.2. The molecule has 2 aromatic rings. The minimum Gasteiger partial charge on any atom is -0.497 e. The van der Waals surface area contributed by atoms with Gasteiger partial charge in [0, 0.05) is 29.7 Å². The molecule has 0 aliphatic heterocycles. The number of rotatable bonds is 11. The fourth-order valence-corrected chi connectivity index (χ4v) is 5.03. The highest BCUT2D eigenvalue weighted by molar-refractivity contribution is 7.99. The zero-order valence-corrected chi connectivity index (χ0v) is 19.9. The molecule has 0 aromatic heterocycles. The number of hydrogen-bond donors (Lipinski definition) is 1. The number of thioether (sulfide) groups is 1. The molecule has 3 rings (SSSR count). The normalized spacial score (nSPS) is 14.7. The summed E-state index contributed by atoms with van der Waals surface area (Å²) in [5, 5.41) is 3.19. The minimum atomic E-state index is -0.476. The Labute approximate surface area is 195 Å². The lowest BCUT2D eigenvalue weighted by Crippen LogP contribution is -2.51. The predicted octanol–water partition coefficient (Wildman–Crippen LogP) is 5.04. The van der Waals surface area contributed by atoms with E-state index >= 15 is 0 Å². The van der Waals surface area contributed by atoms with E-state index in [0.717, 1.165) is 41.9 Å². The van der Waals surface area contributed by atoms with Gasteiger partial charge in [-0.3, -0.25) is 9.59 Å². The Kier molecular flexibility index (Phi) is 9.47. The maximum atomic E-state index is 13.3. The lowest BCUT2D eigenvalue weighted by atomic mass is 10.1. The van der Waals surface area contributed by atoms with Gasteiger partial charge in [0.25, 0.3) is 0 Å². The Balaban J connectivity index is 1.71. The Morgan fingerprint density at radius 3 is 2.56 bits per heavy atom. The molecule has 5 nitrogen and oxygen atoms in total. The molecule has 0 radical (unpaired) electrons. The number of methoxy groups -OCH3 is 1. The van der Waals surface area contributed by atoms with Crippen molar-refractivity contribution in [2.24, 2.45) is 0 Å². The molecule has 0 heterocycles. The molecule has 0 spiro atoms. The molecule has 0 unspecified atom stereocenters. The standard InChI is InChI=1S/C26H34N2O3S/c1-3-24(26(30)27-21-11-7-8-12-21)28(19-20-10-9-13-22(18-20)31-2)25(29)16-17-32-23-14-5-4-6-15-23/h4-6,9-10,13-15,18,21,24H,3,7-8,11-12,16-17,19H2,1-2H3,(H,27,30)/t24-/m0/s1. The van der Waals surface area contributed by atoms with Gasteiger partial charge in [0.05, 0.1) is 7.11 Å². The Morgan fingerprint density at radius 2 is 1.88 bits per heavy atom. The van der Waals surface area contributed by atoms with E-state index in [1.165, 1.54) is 0 Å². The molecule has 1 aliphatic carbocycles. The highest BCUT2D eigenvalue weighted by Crippen LogP contribution is 2.22. The zero-order chi connectivity index (χ0) is 22.8. The van der Waals surface area contributed by atoms with Crippen molar-refractivity contribution in [1.29, 1.82) is 0 Å². The van der Waals surface area contributed by atoms with Crippen molar-refractivity contribution < 1.29 is 14.3 Å². The molecule has 1 aliphatic rings. The molecule has 1 fully saturated rings. The van der Waals surface area contributed by atoms with E-state index in [9.17, 15) is 9.59 Å². The maximum absolute atomic E-state index is 13.3. The van der Waals surface area contributed by atoms with E-state index in [0.29, 0.717) is 25.1 Å². The van der Waals surface area contributed by atoms with E-state index < -0.39 is 6.04 Å². The van der Waals surface area contributed by atoms with Crippen LogP contribution < -0.4 is 10.1 Å². The minimum absolute atomic E-state index is 0.00433. The van der Waals surface area contributed by atoms with Crippen LogP contribution >= 0.6 is 11.8 Å². The second-order valence-corrected chi connectivity index (χ2v) is 9.37. The Hall–Kier alpha value is -2.47. The van der Waals surface area contributed by atoms with Crippen LogP contribution in [0.25, 0.3) is 0 Å². The second kappa shape index (κ2) is 12.5. The van der Waals surface area contributed by atoms with Gasteiger partial charge in [-0.1, -0.05) is 50.1 Å². The summed E-state index contributed by atoms with van der Waals surface area (Å²) in [5.74, 6) is 1.40. The average Bonchev–Trinajstić information content (AvgIpc) is 3.32. The first-order valence-electron chi connectivity index (χ1n) is 11.5. The zero-order valence-electron chi connectivity index (χ0n) is 19.1. The van der Waals surface area contributed by atoms with Crippen LogP contribution in [0.3, 0.4) is 0 Å². The number of ether oxygens (including phenoxy) is 1. The first-order valence-corrected chi connectivity index (χ1v) is 12.5. The van der Waals surface area contributed by atoms with Gasteiger partial charge in [-0.15, -0.1) is 11.8 Å². The fourth-order valence-electron chi connectivity index (χ4n) is 4.17. The molecule has 1 atom stereocenters. The fraction of sp³-hybridized carbons (Fsp3) is 0.462. The maximum Gasteiger partial charge on any atom is 0.243 e. The third kappa shape index (κ3) is 7.02. The first-order chi connectivity index (χ1) is 15.6. The molecule has 172 valence electrons. The van der Waals surface area contributed by atoms with Gasteiger partial charge in [0.15, 0.2) is 0 Å². The van der Waals surface area contributed by atoms with Gasteiger partial charge >= 0.3 is 0 Å². The van der Waals surface area contributed by atoms with Crippen molar-refractivity contribution in [3.05, 3.63) is 60.2 Å². The third-order valence-electron chi connectivity index (χ3n) is 5.90. The summed E-state index contributed by atoms with van der Waals surface area (Å²) in [4.78, 5) is 29.4. The highest BCUT2D eigenvalue weighted by atomic mass is 32.2. The molecule has 0 saturated heterocycles. The van der Waals surface area contributed by atoms with E-state index in [-0.39, 0.29) is 17.9 Å². The quantitative estimate of drug-likeness (QED) is 0.483. The van der Waals surface area contributed by atoms with E-state index in [2.05, 4.69) is 5.32 Å². The predicted molar refractivity (Wildman–Crippen MR) is 130 cm³/mol. The molecule has 2 aromatic carbocycles. The number of nitrogens with zero attached hydrogens (tertiary/aromatic N) is 1. The molecule has 32 heavy (non-hydrogen) atoms. The SMILES string of the molecule is CC[C@@H](C(=O)NC1CCCC1)N(Cc1cccc(OC)c1)C(=O)CCSc1ccccc1. The van der Waals surface area contributed by atoms with Crippen LogP contribution in [0, 0.1) is 0 Å². The highest BCUT2D eigenvalue weighted by Gasteiger charge is 2.30. The number of benzene rings is 2. The number of carbonyl (C=O) groups is 2. The monoisotopic (exact) mass is 454 g/mol. The van der Waals surface area contributed by atoms with Crippen molar-refractivity contribution in [2.75, 3.05) is 12.9 Å². The summed E-state index contributed by atoms with van der Waals surface area (Å²) in [6.07, 6.45) is 5.34. The molecule has 6 heteroatoms. The van der Waals surface area contributed by atoms with Gasteiger partial charge < -0.3 is 15.0 Å². The van der Waals surface area contributed by atoms with Crippen LogP contribution in [0.4, 0.5) is 0 Å². The largest absolute Gasteiger partial charge is 0.497 e. The van der Waals surface area contributed by atoms with Crippen LogP contribution in [0.1, 0.15) is 51.0 Å². The van der Waals surface area contributed by atoms with Gasteiger partial charge in [-0.25, -0.2) is 0 Å². The number of nitrogens with one attached hydrogen (secondary N) is 1. The van der Waals surface area contributed by atoms with Crippen LogP contribution in [-0.4, -0.2) is 41.7 Å². The summed E-state index contributed by atoms with van der Waals surface area (Å²) >= 11 is 1.66. The lowest BCUT2D eigenvalue weighted by Gasteiger charge is -2.31. The number of amides is 2. The van der Waals surface area contributed by atoms with Gasteiger partial charge in [-0.05, 0) is 49.1 Å². The second-order valence-electron chi connectivity index (χ2n) is 8.20. The number of hydrogen-bond acceptors (Lipinski definition) is 4. The average molecular weight is 455 g/mol. The molecular weight excluding hydrogens is 420 g/mol. The third-order valence-corrected chi connectivity index (χ3v) is 6.92. The summed E-state index contributed by atoms with van der Waals surface area (Å²) in [5.41, 5.74) is 0.959. The molecule has 0 bridgehead atoms. The summed E-state index contributed by atoms with van der Waals surface area (Å²) < 4.78 is 5.35. The van der Waals surface area contributed by atoms with Crippen molar-refractivity contribution in [3.8, 4) is 5.75 Å². The van der Waals surface area contributed by atoms with Crippen molar-refractivity contribution in [3.63, 3.8) is 0 Å². The number of carbonyl (C=O) groups excluding carboxylic acids is 2. The molecule has 1 saturated carbocycles. The van der Waals surface area contributed by atoms with E-state index in [4.69, 9.17) is 4.74 Å². The van der Waals surface area contributed by atoms with E-state index in [1.807, 2.05) is 61.5 Å². The van der Waals surface area contributed by atoms with Crippen LogP contribution in [-0.2, 0) is 16.1 Å². The van der Waals surface area contributed by atoms with Crippen molar-refractivity contribution in [2.45, 2.75) is 69.0 Å². The van der Waals surface area contributed by atoms with Gasteiger partial charge in [0.1, 0.15) is 11.8 Å². The molecular formula is C26H34N2O3S.